The minimum absolute atomic E-state index is 0.0594. The van der Waals surface area contributed by atoms with E-state index in [0.29, 0.717) is 32.5 Å². The van der Waals surface area contributed by atoms with Gasteiger partial charge in [0.1, 0.15) is 12.3 Å². The first-order chi connectivity index (χ1) is 15.8. The first kappa shape index (κ1) is 23.6. The summed E-state index contributed by atoms with van der Waals surface area (Å²) in [4.78, 5) is 18.4. The fourth-order valence-corrected chi connectivity index (χ4v) is 3.95. The Hall–Kier alpha value is -3.57. The number of anilines is 1. The van der Waals surface area contributed by atoms with Gasteiger partial charge in [-0.2, -0.15) is 31.4 Å². The molecule has 12 heteroatoms. The molecule has 1 aliphatic rings. The summed E-state index contributed by atoms with van der Waals surface area (Å²) in [7, 11) is 0. The molecule has 1 amide bonds. The number of ether oxygens (including phenoxy) is 1. The summed E-state index contributed by atoms with van der Waals surface area (Å²) in [6, 6.07) is 4.32. The van der Waals surface area contributed by atoms with E-state index < -0.39 is 31.5 Å². The number of pyridine rings is 1. The molecule has 1 aromatic carbocycles. The lowest BCUT2D eigenvalue weighted by Gasteiger charge is -2.20. The molecule has 34 heavy (non-hydrogen) atoms. The van der Waals surface area contributed by atoms with Gasteiger partial charge in [-0.15, -0.1) is 0 Å². The van der Waals surface area contributed by atoms with Crippen LogP contribution in [0.3, 0.4) is 0 Å². The van der Waals surface area contributed by atoms with Gasteiger partial charge in [0.05, 0.1) is 24.1 Å². The van der Waals surface area contributed by atoms with Crippen LogP contribution in [0, 0.1) is 6.92 Å². The predicted octanol–water partition coefficient (Wildman–Crippen LogP) is 5.48. The van der Waals surface area contributed by atoms with Crippen LogP contribution in [0.4, 0.5) is 32.0 Å². The third-order valence-electron chi connectivity index (χ3n) is 5.32. The van der Waals surface area contributed by atoms with E-state index in [1.54, 1.807) is 26.0 Å². The Kier molecular flexibility index (Phi) is 5.78. The average molecular weight is 484 g/mol. The number of nitrogens with zero attached hydrogens (tertiary/aromatic N) is 4. The minimum Gasteiger partial charge on any atom is -0.482 e. The second-order valence-electron chi connectivity index (χ2n) is 7.93. The molecule has 0 saturated carbocycles. The smallest absolute Gasteiger partial charge is 0.422 e. The third-order valence-corrected chi connectivity index (χ3v) is 5.32. The van der Waals surface area contributed by atoms with E-state index in [1.807, 2.05) is 0 Å². The molecule has 4 rings (SSSR count). The second kappa shape index (κ2) is 8.33. The zero-order valence-corrected chi connectivity index (χ0v) is 17.9. The van der Waals surface area contributed by atoms with Crippen LogP contribution < -0.4 is 9.64 Å². The molecule has 0 bridgehead atoms. The molecule has 6 nitrogen and oxygen atoms in total. The highest BCUT2D eigenvalue weighted by Crippen LogP contribution is 2.41. The van der Waals surface area contributed by atoms with E-state index in [1.165, 1.54) is 29.6 Å². The summed E-state index contributed by atoms with van der Waals surface area (Å²) < 4.78 is 80.9. The van der Waals surface area contributed by atoms with Gasteiger partial charge in [0.25, 0.3) is 5.91 Å². The second-order valence-corrected chi connectivity index (χ2v) is 7.93. The van der Waals surface area contributed by atoms with E-state index in [2.05, 4.69) is 10.1 Å². The number of halogens is 6. The van der Waals surface area contributed by atoms with Crippen molar-refractivity contribution in [2.24, 2.45) is 0 Å². The lowest BCUT2D eigenvalue weighted by Crippen LogP contribution is -2.26. The number of carbonyl (C=O) groups is 1. The molecular formula is C22H18F6N4O2. The number of aromatic nitrogens is 3. The zero-order chi connectivity index (χ0) is 24.8. The van der Waals surface area contributed by atoms with E-state index in [-0.39, 0.29) is 17.3 Å². The van der Waals surface area contributed by atoms with Crippen LogP contribution in [-0.4, -0.2) is 39.6 Å². The molecule has 180 valence electrons. The van der Waals surface area contributed by atoms with Crippen molar-refractivity contribution in [2.45, 2.75) is 38.8 Å². The molecule has 2 aromatic heterocycles. The molecule has 1 atom stereocenters. The highest BCUT2D eigenvalue weighted by molar-refractivity contribution is 6.12. The van der Waals surface area contributed by atoms with Crippen LogP contribution in [-0.2, 0) is 6.54 Å². The highest BCUT2D eigenvalue weighted by atomic mass is 19.4. The maximum absolute atomic E-state index is 13.1. The van der Waals surface area contributed by atoms with Gasteiger partial charge >= 0.3 is 12.4 Å². The lowest BCUT2D eigenvalue weighted by atomic mass is 9.95. The molecule has 0 fully saturated rings. The van der Waals surface area contributed by atoms with Crippen molar-refractivity contribution in [3.8, 4) is 16.9 Å². The fraction of sp³-hybridized carbons (Fsp3) is 0.318. The monoisotopic (exact) mass is 484 g/mol. The molecule has 0 radical (unpaired) electrons. The van der Waals surface area contributed by atoms with Crippen LogP contribution in [0.2, 0.25) is 0 Å². The molecule has 3 heterocycles. The first-order valence-electron chi connectivity index (χ1n) is 10.0. The Labute approximate surface area is 189 Å². The number of aryl methyl sites for hydroxylation is 1. The van der Waals surface area contributed by atoms with Crippen LogP contribution in [0.15, 0.2) is 43.0 Å². The van der Waals surface area contributed by atoms with Gasteiger partial charge < -0.3 is 4.74 Å². The van der Waals surface area contributed by atoms with Gasteiger partial charge in [0.15, 0.2) is 6.61 Å². The summed E-state index contributed by atoms with van der Waals surface area (Å²) in [5.41, 5.74) is 2.97. The Morgan fingerprint density at radius 1 is 1.00 bits per heavy atom. The SMILES string of the molecule is Cc1cc(-c2cncc(OCC(F)(F)F)c2)cc2c1C(=O)N(c1cnn(CC(F)(F)F)c1)C2C. The average Bonchev–Trinajstić information content (AvgIpc) is 3.27. The number of fused-ring (bicyclic) bond motifs is 1. The summed E-state index contributed by atoms with van der Waals surface area (Å²) >= 11 is 0. The Morgan fingerprint density at radius 2 is 1.74 bits per heavy atom. The Balaban J connectivity index is 1.64. The number of alkyl halides is 6. The van der Waals surface area contributed by atoms with Gasteiger partial charge in [-0.25, -0.2) is 0 Å². The van der Waals surface area contributed by atoms with Gasteiger partial charge in [-0.1, -0.05) is 6.07 Å². The van der Waals surface area contributed by atoms with Crippen molar-refractivity contribution < 1.29 is 35.9 Å². The van der Waals surface area contributed by atoms with Crippen molar-refractivity contribution in [2.75, 3.05) is 11.5 Å². The minimum atomic E-state index is -4.49. The third kappa shape index (κ3) is 4.85. The molecule has 0 N–H and O–H groups in total. The van der Waals surface area contributed by atoms with E-state index in [9.17, 15) is 31.1 Å². The summed E-state index contributed by atoms with van der Waals surface area (Å²) in [6.45, 7) is 0.708. The quantitative estimate of drug-likeness (QED) is 0.450. The number of hydrogen-bond acceptors (Lipinski definition) is 4. The molecule has 1 unspecified atom stereocenters. The van der Waals surface area contributed by atoms with Crippen LogP contribution in [0.25, 0.3) is 11.1 Å². The van der Waals surface area contributed by atoms with Gasteiger partial charge in [-0.3, -0.25) is 19.4 Å². The number of benzene rings is 1. The van der Waals surface area contributed by atoms with Gasteiger partial charge in [0, 0.05) is 23.5 Å². The topological polar surface area (TPSA) is 60.2 Å². The number of carbonyl (C=O) groups excluding carboxylic acids is 1. The largest absolute Gasteiger partial charge is 0.482 e. The highest BCUT2D eigenvalue weighted by Gasteiger charge is 2.38. The number of hydrogen-bond donors (Lipinski definition) is 0. The molecule has 0 aliphatic carbocycles. The Bertz CT molecular complexity index is 1230. The molecule has 1 aliphatic heterocycles. The normalized spacial score (nSPS) is 16.2. The molecular weight excluding hydrogens is 466 g/mol. The van der Waals surface area contributed by atoms with Crippen molar-refractivity contribution in [1.82, 2.24) is 14.8 Å². The van der Waals surface area contributed by atoms with Gasteiger partial charge in [-0.05, 0) is 42.7 Å². The van der Waals surface area contributed by atoms with Crippen LogP contribution in [0.5, 0.6) is 5.75 Å². The summed E-state index contributed by atoms with van der Waals surface area (Å²) in [6.07, 6.45) is -3.95. The van der Waals surface area contributed by atoms with Crippen LogP contribution in [0.1, 0.15) is 34.5 Å². The van der Waals surface area contributed by atoms with Crippen molar-refractivity contribution in [3.63, 3.8) is 0 Å². The number of rotatable bonds is 5. The maximum atomic E-state index is 13.1. The van der Waals surface area contributed by atoms with Crippen molar-refractivity contribution >= 4 is 11.6 Å². The zero-order valence-electron chi connectivity index (χ0n) is 17.9. The van der Waals surface area contributed by atoms with Crippen molar-refractivity contribution in [3.05, 3.63) is 59.7 Å². The van der Waals surface area contributed by atoms with Gasteiger partial charge in [0.2, 0.25) is 0 Å². The standard InChI is InChI=1S/C22H18F6N4O2/c1-12-3-14(15-4-17(8-29-6-15)34-11-22(26,27)28)5-18-13(2)32(20(33)19(12)18)16-7-30-31(9-16)10-21(23,24)25/h3-9,13H,10-11H2,1-2H3. The number of amides is 1. The maximum Gasteiger partial charge on any atom is 0.422 e. The lowest BCUT2D eigenvalue weighted by molar-refractivity contribution is -0.153. The summed E-state index contributed by atoms with van der Waals surface area (Å²) in [5, 5.41) is 3.71. The molecule has 3 aromatic rings. The first-order valence-corrected chi connectivity index (χ1v) is 10.0. The van der Waals surface area contributed by atoms with E-state index in [4.69, 9.17) is 4.74 Å². The molecule has 0 saturated heterocycles. The van der Waals surface area contributed by atoms with E-state index >= 15 is 0 Å². The fourth-order valence-electron chi connectivity index (χ4n) is 3.95. The molecule has 0 spiro atoms. The Morgan fingerprint density at radius 3 is 2.41 bits per heavy atom. The van der Waals surface area contributed by atoms with Crippen molar-refractivity contribution in [1.29, 1.82) is 0 Å². The summed E-state index contributed by atoms with van der Waals surface area (Å²) in [5.74, 6) is -0.436. The predicted molar refractivity (Wildman–Crippen MR) is 109 cm³/mol. The van der Waals surface area contributed by atoms with E-state index in [0.717, 1.165) is 6.20 Å². The van der Waals surface area contributed by atoms with Crippen LogP contribution >= 0.6 is 0 Å².